The summed E-state index contributed by atoms with van der Waals surface area (Å²) in [6.07, 6.45) is 3.73. The van der Waals surface area contributed by atoms with E-state index in [0.29, 0.717) is 0 Å². The summed E-state index contributed by atoms with van der Waals surface area (Å²) in [5.41, 5.74) is 2.48. The van der Waals surface area contributed by atoms with Gasteiger partial charge in [-0.15, -0.1) is 0 Å². The fourth-order valence-electron chi connectivity index (χ4n) is 2.71. The number of nitrogens with one attached hydrogen (secondary N) is 1. The zero-order chi connectivity index (χ0) is 13.7. The minimum atomic E-state index is 0.835. The highest BCUT2D eigenvalue weighted by Gasteiger charge is 2.22. The van der Waals surface area contributed by atoms with Crippen LogP contribution in [0, 0.1) is 5.92 Å². The van der Waals surface area contributed by atoms with Crippen molar-refractivity contribution in [3.63, 3.8) is 0 Å². The average molecular weight is 281 g/mol. The molecule has 1 fully saturated rings. The van der Waals surface area contributed by atoms with Gasteiger partial charge in [-0.3, -0.25) is 0 Å². The molecule has 0 spiro atoms. The van der Waals surface area contributed by atoms with E-state index in [9.17, 15) is 0 Å². The lowest BCUT2D eigenvalue weighted by Gasteiger charge is -2.20. The Bertz CT molecular complexity index is 406. The highest BCUT2D eigenvalue weighted by atomic mass is 35.5. The van der Waals surface area contributed by atoms with Gasteiger partial charge in [0, 0.05) is 19.6 Å². The maximum absolute atomic E-state index is 6.44. The van der Waals surface area contributed by atoms with Gasteiger partial charge in [0.25, 0.3) is 0 Å². The normalized spacial score (nSPS) is 19.1. The van der Waals surface area contributed by atoms with Gasteiger partial charge < -0.3 is 10.2 Å². The Hall–Kier alpha value is -0.730. The van der Waals surface area contributed by atoms with Crippen molar-refractivity contribution in [3.05, 3.63) is 28.8 Å². The minimum Gasteiger partial charge on any atom is -0.370 e. The Morgan fingerprint density at radius 3 is 2.84 bits per heavy atom. The summed E-state index contributed by atoms with van der Waals surface area (Å²) < 4.78 is 0. The van der Waals surface area contributed by atoms with Crippen LogP contribution in [0.1, 0.15) is 38.7 Å². The largest absolute Gasteiger partial charge is 0.370 e. The lowest BCUT2D eigenvalue weighted by molar-refractivity contribution is 0.569. The zero-order valence-corrected chi connectivity index (χ0v) is 12.8. The van der Waals surface area contributed by atoms with Crippen molar-refractivity contribution in [2.45, 2.75) is 39.7 Å². The van der Waals surface area contributed by atoms with Gasteiger partial charge >= 0.3 is 0 Å². The summed E-state index contributed by atoms with van der Waals surface area (Å²) in [4.78, 5) is 2.43. The average Bonchev–Trinajstić information content (AvgIpc) is 2.88. The highest BCUT2D eigenvalue weighted by Crippen LogP contribution is 2.32. The number of nitrogens with zero attached hydrogens (tertiary/aromatic N) is 1. The summed E-state index contributed by atoms with van der Waals surface area (Å²) >= 11 is 6.44. The van der Waals surface area contributed by atoms with Gasteiger partial charge in [0.1, 0.15) is 0 Å². The molecule has 0 aromatic heterocycles. The Kier molecular flexibility index (Phi) is 5.53. The SMILES string of the molecule is CCCNCc1ccc(N2CCC(CC)C2)c(Cl)c1. The van der Waals surface area contributed by atoms with E-state index >= 15 is 0 Å². The Labute approximate surface area is 122 Å². The van der Waals surface area contributed by atoms with Crippen molar-refractivity contribution < 1.29 is 0 Å². The lowest BCUT2D eigenvalue weighted by Crippen LogP contribution is -2.20. The Morgan fingerprint density at radius 1 is 1.37 bits per heavy atom. The standard InChI is InChI=1S/C16H25ClN2/c1-3-8-18-11-14-5-6-16(15(17)10-14)19-9-7-13(4-2)12-19/h5-6,10,13,18H,3-4,7-9,11-12H2,1-2H3. The van der Waals surface area contributed by atoms with Gasteiger partial charge in [0.15, 0.2) is 0 Å². The number of hydrogen-bond acceptors (Lipinski definition) is 2. The van der Waals surface area contributed by atoms with Gasteiger partial charge in [0.05, 0.1) is 10.7 Å². The van der Waals surface area contributed by atoms with E-state index in [4.69, 9.17) is 11.6 Å². The molecule has 1 aliphatic rings. The van der Waals surface area contributed by atoms with Gasteiger partial charge in [-0.1, -0.05) is 37.9 Å². The van der Waals surface area contributed by atoms with Crippen molar-refractivity contribution in [1.82, 2.24) is 5.32 Å². The molecule has 0 radical (unpaired) electrons. The van der Waals surface area contributed by atoms with Crippen LogP contribution in [0.5, 0.6) is 0 Å². The number of hydrogen-bond donors (Lipinski definition) is 1. The van der Waals surface area contributed by atoms with Crippen LogP contribution in [-0.2, 0) is 6.54 Å². The molecule has 2 nitrogen and oxygen atoms in total. The number of rotatable bonds is 6. The predicted molar refractivity (Wildman–Crippen MR) is 84.1 cm³/mol. The van der Waals surface area contributed by atoms with Crippen LogP contribution in [0.25, 0.3) is 0 Å². The minimum absolute atomic E-state index is 0.835. The van der Waals surface area contributed by atoms with E-state index in [1.807, 2.05) is 0 Å². The third-order valence-corrected chi connectivity index (χ3v) is 4.27. The molecular formula is C16H25ClN2. The number of halogens is 1. The lowest BCUT2D eigenvalue weighted by atomic mass is 10.1. The topological polar surface area (TPSA) is 15.3 Å². The van der Waals surface area contributed by atoms with Gasteiger partial charge in [-0.25, -0.2) is 0 Å². The van der Waals surface area contributed by atoms with E-state index in [2.05, 4.69) is 42.3 Å². The molecule has 1 unspecified atom stereocenters. The Balaban J connectivity index is 1.99. The molecule has 2 rings (SSSR count). The van der Waals surface area contributed by atoms with E-state index in [1.54, 1.807) is 0 Å². The first-order valence-electron chi connectivity index (χ1n) is 7.48. The summed E-state index contributed by atoms with van der Waals surface area (Å²) in [7, 11) is 0. The predicted octanol–water partition coefficient (Wildman–Crippen LogP) is 4.08. The third-order valence-electron chi connectivity index (χ3n) is 3.97. The molecule has 0 aliphatic carbocycles. The third kappa shape index (κ3) is 3.87. The molecule has 0 amide bonds. The number of anilines is 1. The van der Waals surface area contributed by atoms with Crippen molar-refractivity contribution in [2.24, 2.45) is 5.92 Å². The fourth-order valence-corrected chi connectivity index (χ4v) is 3.03. The summed E-state index contributed by atoms with van der Waals surface area (Å²) in [6, 6.07) is 6.49. The maximum atomic E-state index is 6.44. The molecule has 1 heterocycles. The molecule has 1 N–H and O–H groups in total. The zero-order valence-electron chi connectivity index (χ0n) is 12.1. The van der Waals surface area contributed by atoms with E-state index in [-0.39, 0.29) is 0 Å². The van der Waals surface area contributed by atoms with Crippen LogP contribution in [0.4, 0.5) is 5.69 Å². The summed E-state index contributed by atoms with van der Waals surface area (Å²) in [6.45, 7) is 8.73. The first-order chi connectivity index (χ1) is 9.24. The molecule has 0 bridgehead atoms. The second-order valence-corrected chi connectivity index (χ2v) is 5.88. The Morgan fingerprint density at radius 2 is 2.21 bits per heavy atom. The molecule has 1 aromatic rings. The second kappa shape index (κ2) is 7.16. The van der Waals surface area contributed by atoms with Crippen LogP contribution in [0.2, 0.25) is 5.02 Å². The van der Waals surface area contributed by atoms with Crippen LogP contribution in [0.15, 0.2) is 18.2 Å². The molecule has 1 saturated heterocycles. The molecular weight excluding hydrogens is 256 g/mol. The van der Waals surface area contributed by atoms with Crippen LogP contribution < -0.4 is 10.2 Å². The molecule has 1 atom stereocenters. The molecule has 0 saturated carbocycles. The first-order valence-corrected chi connectivity index (χ1v) is 7.86. The monoisotopic (exact) mass is 280 g/mol. The molecule has 1 aliphatic heterocycles. The van der Waals surface area contributed by atoms with Crippen molar-refractivity contribution in [1.29, 1.82) is 0 Å². The van der Waals surface area contributed by atoms with Crippen LogP contribution in [0.3, 0.4) is 0 Å². The molecule has 106 valence electrons. The fraction of sp³-hybridized carbons (Fsp3) is 0.625. The van der Waals surface area contributed by atoms with Gasteiger partial charge in [-0.2, -0.15) is 0 Å². The van der Waals surface area contributed by atoms with Gasteiger partial charge in [0.2, 0.25) is 0 Å². The van der Waals surface area contributed by atoms with Crippen LogP contribution in [-0.4, -0.2) is 19.6 Å². The van der Waals surface area contributed by atoms with Crippen molar-refractivity contribution in [2.75, 3.05) is 24.5 Å². The smallest absolute Gasteiger partial charge is 0.0642 e. The van der Waals surface area contributed by atoms with Crippen LogP contribution >= 0.6 is 11.6 Å². The number of benzene rings is 1. The summed E-state index contributed by atoms with van der Waals surface area (Å²) in [5.74, 6) is 0.835. The summed E-state index contributed by atoms with van der Waals surface area (Å²) in [5, 5.41) is 4.31. The molecule has 3 heteroatoms. The van der Waals surface area contributed by atoms with Crippen molar-refractivity contribution in [3.8, 4) is 0 Å². The maximum Gasteiger partial charge on any atom is 0.0642 e. The highest BCUT2D eigenvalue weighted by molar-refractivity contribution is 6.33. The first kappa shape index (κ1) is 14.7. The van der Waals surface area contributed by atoms with E-state index in [0.717, 1.165) is 43.5 Å². The van der Waals surface area contributed by atoms with E-state index < -0.39 is 0 Å². The molecule has 1 aromatic carbocycles. The van der Waals surface area contributed by atoms with Crippen molar-refractivity contribution >= 4 is 17.3 Å². The second-order valence-electron chi connectivity index (χ2n) is 5.47. The van der Waals surface area contributed by atoms with E-state index in [1.165, 1.54) is 24.1 Å². The quantitative estimate of drug-likeness (QED) is 0.790. The molecule has 19 heavy (non-hydrogen) atoms. The van der Waals surface area contributed by atoms with Gasteiger partial charge in [-0.05, 0) is 43.0 Å².